The van der Waals surface area contributed by atoms with Crippen molar-refractivity contribution in [3.05, 3.63) is 90.0 Å². The Morgan fingerprint density at radius 2 is 1.73 bits per heavy atom. The van der Waals surface area contributed by atoms with Crippen molar-refractivity contribution >= 4 is 23.6 Å². The van der Waals surface area contributed by atoms with Gasteiger partial charge in [0.15, 0.2) is 0 Å². The molecule has 0 aromatic heterocycles. The van der Waals surface area contributed by atoms with E-state index in [0.29, 0.717) is 23.7 Å². The SMILES string of the molecule is COc1cccc(OCCNC(=O)[C@@H]2CCC(=O)N[C@H](Cc3ccccc3)C(=O)N(C)CCOc3ccccc3C(=O)N2)c1. The number of fused-ring (bicyclic) bond motifs is 1. The first kappa shape index (κ1) is 31.9. The van der Waals surface area contributed by atoms with Gasteiger partial charge < -0.3 is 35.1 Å². The number of hydrogen-bond donors (Lipinski definition) is 3. The number of nitrogens with zero attached hydrogens (tertiary/aromatic N) is 1. The zero-order valence-electron chi connectivity index (χ0n) is 24.9. The summed E-state index contributed by atoms with van der Waals surface area (Å²) in [5.74, 6) is -0.122. The van der Waals surface area contributed by atoms with Gasteiger partial charge in [0.05, 0.1) is 25.8 Å². The Morgan fingerprint density at radius 1 is 0.977 bits per heavy atom. The third-order valence-corrected chi connectivity index (χ3v) is 7.10. The first-order valence-electron chi connectivity index (χ1n) is 14.5. The molecule has 3 N–H and O–H groups in total. The van der Waals surface area contributed by atoms with E-state index in [1.165, 1.54) is 4.90 Å². The molecule has 0 spiro atoms. The van der Waals surface area contributed by atoms with E-state index in [2.05, 4.69) is 16.0 Å². The van der Waals surface area contributed by atoms with E-state index in [1.807, 2.05) is 30.3 Å². The normalized spacial score (nSPS) is 18.0. The topological polar surface area (TPSA) is 135 Å². The maximum atomic E-state index is 13.4. The molecule has 232 valence electrons. The Morgan fingerprint density at radius 3 is 2.52 bits per heavy atom. The minimum absolute atomic E-state index is 0.00522. The predicted molar refractivity (Wildman–Crippen MR) is 164 cm³/mol. The van der Waals surface area contributed by atoms with E-state index in [-0.39, 0.29) is 50.6 Å². The number of benzene rings is 3. The van der Waals surface area contributed by atoms with Gasteiger partial charge >= 0.3 is 0 Å². The molecule has 0 radical (unpaired) electrons. The summed E-state index contributed by atoms with van der Waals surface area (Å²) in [6.07, 6.45) is 0.206. The van der Waals surface area contributed by atoms with Crippen LogP contribution in [0.15, 0.2) is 78.9 Å². The molecule has 0 saturated heterocycles. The molecule has 0 aliphatic carbocycles. The maximum Gasteiger partial charge on any atom is 0.255 e. The van der Waals surface area contributed by atoms with Crippen molar-refractivity contribution in [1.82, 2.24) is 20.9 Å². The smallest absolute Gasteiger partial charge is 0.255 e. The Balaban J connectivity index is 1.48. The Kier molecular flexibility index (Phi) is 11.6. The van der Waals surface area contributed by atoms with E-state index >= 15 is 0 Å². The van der Waals surface area contributed by atoms with Crippen LogP contribution in [0, 0.1) is 0 Å². The summed E-state index contributed by atoms with van der Waals surface area (Å²) in [5.41, 5.74) is 1.13. The van der Waals surface area contributed by atoms with Gasteiger partial charge in [-0.3, -0.25) is 19.2 Å². The summed E-state index contributed by atoms with van der Waals surface area (Å²) in [6.45, 7) is 0.691. The fourth-order valence-corrected chi connectivity index (χ4v) is 4.70. The minimum atomic E-state index is -1.03. The van der Waals surface area contributed by atoms with Crippen molar-refractivity contribution in [3.63, 3.8) is 0 Å². The van der Waals surface area contributed by atoms with Crippen molar-refractivity contribution in [1.29, 1.82) is 0 Å². The van der Waals surface area contributed by atoms with Crippen LogP contribution in [0.3, 0.4) is 0 Å². The van der Waals surface area contributed by atoms with Gasteiger partial charge in [0, 0.05) is 26.0 Å². The van der Waals surface area contributed by atoms with Crippen molar-refractivity contribution in [3.8, 4) is 17.2 Å². The van der Waals surface area contributed by atoms with E-state index < -0.39 is 29.8 Å². The lowest BCUT2D eigenvalue weighted by molar-refractivity contribution is -0.135. The molecule has 1 heterocycles. The molecular formula is C33H38N4O7. The third kappa shape index (κ3) is 9.22. The number of ether oxygens (including phenoxy) is 3. The molecule has 4 rings (SSSR count). The van der Waals surface area contributed by atoms with Crippen molar-refractivity contribution in [2.24, 2.45) is 0 Å². The molecule has 4 amide bonds. The van der Waals surface area contributed by atoms with Gasteiger partial charge in [-0.25, -0.2) is 0 Å². The average Bonchev–Trinajstić information content (AvgIpc) is 3.04. The summed E-state index contributed by atoms with van der Waals surface area (Å²) in [7, 11) is 3.21. The van der Waals surface area contributed by atoms with Crippen LogP contribution >= 0.6 is 0 Å². The lowest BCUT2D eigenvalue weighted by Crippen LogP contribution is -2.50. The molecule has 44 heavy (non-hydrogen) atoms. The van der Waals surface area contributed by atoms with E-state index in [1.54, 1.807) is 62.7 Å². The van der Waals surface area contributed by atoms with Gasteiger partial charge in [0.1, 0.15) is 42.5 Å². The van der Waals surface area contributed by atoms with Gasteiger partial charge in [-0.1, -0.05) is 48.5 Å². The highest BCUT2D eigenvalue weighted by Gasteiger charge is 2.28. The van der Waals surface area contributed by atoms with E-state index in [4.69, 9.17) is 14.2 Å². The first-order valence-corrected chi connectivity index (χ1v) is 14.5. The largest absolute Gasteiger partial charge is 0.497 e. The van der Waals surface area contributed by atoms with Crippen LogP contribution < -0.4 is 30.2 Å². The van der Waals surface area contributed by atoms with Crippen LogP contribution in [0.5, 0.6) is 17.2 Å². The second kappa shape index (κ2) is 16.0. The Labute approximate surface area is 256 Å². The quantitative estimate of drug-likeness (QED) is 0.337. The van der Waals surface area contributed by atoms with Crippen LogP contribution in [0.4, 0.5) is 0 Å². The monoisotopic (exact) mass is 602 g/mol. The lowest BCUT2D eigenvalue weighted by atomic mass is 10.0. The number of nitrogens with one attached hydrogen (secondary N) is 3. The lowest BCUT2D eigenvalue weighted by Gasteiger charge is -2.25. The number of carbonyl (C=O) groups excluding carboxylic acids is 4. The van der Waals surface area contributed by atoms with E-state index in [0.717, 1.165) is 5.56 Å². The highest BCUT2D eigenvalue weighted by atomic mass is 16.5. The number of carbonyl (C=O) groups is 4. The van der Waals surface area contributed by atoms with Gasteiger partial charge in [-0.15, -0.1) is 0 Å². The summed E-state index contributed by atoms with van der Waals surface area (Å²) in [6, 6.07) is 21.3. The van der Waals surface area contributed by atoms with Crippen LogP contribution in [0.2, 0.25) is 0 Å². The second-order valence-corrected chi connectivity index (χ2v) is 10.3. The van der Waals surface area contributed by atoms with Crippen LogP contribution in [-0.4, -0.2) is 81.1 Å². The number of likely N-dealkylation sites (N-methyl/N-ethyl adjacent to an activating group) is 1. The highest BCUT2D eigenvalue weighted by Crippen LogP contribution is 2.20. The van der Waals surface area contributed by atoms with E-state index in [9.17, 15) is 19.2 Å². The van der Waals surface area contributed by atoms with Crippen LogP contribution in [-0.2, 0) is 20.8 Å². The molecule has 3 aromatic rings. The summed E-state index contributed by atoms with van der Waals surface area (Å²) < 4.78 is 16.8. The molecule has 11 heteroatoms. The van der Waals surface area contributed by atoms with Gasteiger partial charge in [0.2, 0.25) is 17.7 Å². The highest BCUT2D eigenvalue weighted by molar-refractivity contribution is 5.99. The Hall–Kier alpha value is -5.06. The fraction of sp³-hybridized carbons (Fsp3) is 0.333. The number of hydrogen-bond acceptors (Lipinski definition) is 7. The summed E-state index contributed by atoms with van der Waals surface area (Å²) in [5, 5.41) is 8.37. The van der Waals surface area contributed by atoms with Crippen molar-refractivity contribution < 1.29 is 33.4 Å². The van der Waals surface area contributed by atoms with Crippen LogP contribution in [0.25, 0.3) is 0 Å². The van der Waals surface area contributed by atoms with Crippen LogP contribution in [0.1, 0.15) is 28.8 Å². The third-order valence-electron chi connectivity index (χ3n) is 7.10. The summed E-state index contributed by atoms with van der Waals surface area (Å²) in [4.78, 5) is 54.6. The average molecular weight is 603 g/mol. The first-order chi connectivity index (χ1) is 21.3. The standard InChI is InChI=1S/C33H38N4O7/c1-37-18-20-44-29-14-7-6-13-26(29)31(39)36-27(32(40)34-17-19-43-25-12-8-11-24(22-25)42-2)15-16-30(38)35-28(33(37)41)21-23-9-4-3-5-10-23/h3-14,22,27-28H,15-21H2,1-2H3,(H,34,40)(H,35,38)(H,36,39)/t27-,28+/m0/s1. The molecule has 0 saturated carbocycles. The number of rotatable bonds is 8. The zero-order chi connectivity index (χ0) is 31.3. The number of amides is 4. The molecule has 3 aromatic carbocycles. The molecule has 0 unspecified atom stereocenters. The van der Waals surface area contributed by atoms with Gasteiger partial charge in [-0.2, -0.15) is 0 Å². The Bertz CT molecular complexity index is 1430. The minimum Gasteiger partial charge on any atom is -0.497 e. The molecule has 11 nitrogen and oxygen atoms in total. The van der Waals surface area contributed by atoms with Crippen molar-refractivity contribution in [2.75, 3.05) is 40.5 Å². The number of methoxy groups -OCH3 is 1. The summed E-state index contributed by atoms with van der Waals surface area (Å²) >= 11 is 0. The maximum absolute atomic E-state index is 13.4. The van der Waals surface area contributed by atoms with Gasteiger partial charge in [0.25, 0.3) is 5.91 Å². The molecule has 2 atom stereocenters. The van der Waals surface area contributed by atoms with Crippen molar-refractivity contribution in [2.45, 2.75) is 31.3 Å². The predicted octanol–water partition coefficient (Wildman–Crippen LogP) is 2.35. The number of para-hydroxylation sites is 1. The molecule has 1 aliphatic heterocycles. The molecular weight excluding hydrogens is 564 g/mol. The van der Waals surface area contributed by atoms with Gasteiger partial charge in [-0.05, 0) is 36.2 Å². The zero-order valence-corrected chi connectivity index (χ0v) is 24.9. The molecule has 1 aliphatic rings. The molecule has 0 bridgehead atoms. The second-order valence-electron chi connectivity index (χ2n) is 10.3. The molecule has 0 fully saturated rings. The fourth-order valence-electron chi connectivity index (χ4n) is 4.70.